The predicted molar refractivity (Wildman–Crippen MR) is 121 cm³/mol. The Bertz CT molecular complexity index is 1810. The Morgan fingerprint density at radius 1 is 1.03 bits per heavy atom. The zero-order valence-electron chi connectivity index (χ0n) is 17.7. The summed E-state index contributed by atoms with van der Waals surface area (Å²) < 4.78 is 69.9. The lowest BCUT2D eigenvalue weighted by Gasteiger charge is -2.11. The summed E-state index contributed by atoms with van der Waals surface area (Å²) in [5, 5.41) is 12.6. The molecule has 3 heterocycles. The van der Waals surface area contributed by atoms with E-state index in [4.69, 9.17) is 0 Å². The van der Waals surface area contributed by atoms with E-state index < -0.39 is 58.5 Å². The number of fused-ring (bicyclic) bond motifs is 2. The quantitative estimate of drug-likeness (QED) is 0.334. The smallest absolute Gasteiger partial charge is 0.416 e. The Kier molecular flexibility index (Phi) is 5.32. The number of alkyl halides is 3. The number of aromatic nitrogens is 3. The van der Waals surface area contributed by atoms with Crippen molar-refractivity contribution in [2.75, 3.05) is 0 Å². The molecule has 0 radical (unpaired) electrons. The number of carboxylic acid groups (broad SMARTS) is 1. The van der Waals surface area contributed by atoms with Gasteiger partial charge in [0.2, 0.25) is 0 Å². The van der Waals surface area contributed by atoms with Gasteiger partial charge in [-0.05, 0) is 24.3 Å². The molecule has 0 saturated carbocycles. The van der Waals surface area contributed by atoms with Gasteiger partial charge >= 0.3 is 17.8 Å². The van der Waals surface area contributed by atoms with Gasteiger partial charge in [-0.3, -0.25) is 4.79 Å². The van der Waals surface area contributed by atoms with Gasteiger partial charge in [0.25, 0.3) is 5.56 Å². The van der Waals surface area contributed by atoms with Crippen molar-refractivity contribution in [2.45, 2.75) is 12.7 Å². The summed E-state index contributed by atoms with van der Waals surface area (Å²) in [7, 11) is 0. The molecule has 0 aliphatic heterocycles. The van der Waals surface area contributed by atoms with Gasteiger partial charge in [-0.2, -0.15) is 13.2 Å². The molecule has 7 nitrogen and oxygen atoms in total. The Morgan fingerprint density at radius 3 is 2.44 bits per heavy atom. The minimum absolute atomic E-state index is 0.0217. The number of aromatic carboxylic acids is 1. The summed E-state index contributed by atoms with van der Waals surface area (Å²) in [6.07, 6.45) is -4.82. The number of aromatic amines is 1. The maximum Gasteiger partial charge on any atom is 0.416 e. The lowest BCUT2D eigenvalue weighted by molar-refractivity contribution is -0.137. The van der Waals surface area contributed by atoms with E-state index in [0.717, 1.165) is 34.1 Å². The highest BCUT2D eigenvalue weighted by atomic mass is 32.1. The Hall–Kier alpha value is -4.26. The first kappa shape index (κ1) is 23.5. The zero-order chi connectivity index (χ0) is 25.9. The van der Waals surface area contributed by atoms with Crippen molar-refractivity contribution >= 4 is 39.1 Å². The van der Waals surface area contributed by atoms with Crippen molar-refractivity contribution in [1.29, 1.82) is 0 Å². The molecule has 0 aliphatic carbocycles. The molecule has 0 saturated heterocycles. The first-order valence-corrected chi connectivity index (χ1v) is 11.0. The first-order valence-electron chi connectivity index (χ1n) is 10.1. The fourth-order valence-electron chi connectivity index (χ4n) is 4.09. The molecule has 5 rings (SSSR count). The molecule has 3 aromatic heterocycles. The summed E-state index contributed by atoms with van der Waals surface area (Å²) in [4.78, 5) is 40.9. The van der Waals surface area contributed by atoms with Crippen molar-refractivity contribution in [3.8, 4) is 5.69 Å². The average molecular weight is 521 g/mol. The number of thiophene rings is 1. The molecule has 13 heteroatoms. The molecule has 2 N–H and O–H groups in total. The van der Waals surface area contributed by atoms with Crippen LogP contribution in [0.5, 0.6) is 0 Å². The van der Waals surface area contributed by atoms with E-state index in [9.17, 15) is 41.4 Å². The normalized spacial score (nSPS) is 12.0. The van der Waals surface area contributed by atoms with Crippen LogP contribution in [0, 0.1) is 11.6 Å². The Balaban J connectivity index is 1.92. The van der Waals surface area contributed by atoms with E-state index >= 15 is 0 Å². The van der Waals surface area contributed by atoms with Crippen LogP contribution < -0.4 is 11.2 Å². The average Bonchev–Trinajstić information content (AvgIpc) is 3.38. The van der Waals surface area contributed by atoms with Crippen LogP contribution in [0.2, 0.25) is 0 Å². The van der Waals surface area contributed by atoms with Gasteiger partial charge in [-0.25, -0.2) is 22.9 Å². The maximum atomic E-state index is 14.4. The van der Waals surface area contributed by atoms with Crippen molar-refractivity contribution < 1.29 is 31.9 Å². The van der Waals surface area contributed by atoms with E-state index in [1.165, 1.54) is 10.8 Å². The van der Waals surface area contributed by atoms with Crippen LogP contribution in [0.25, 0.3) is 27.5 Å². The molecular weight excluding hydrogens is 509 g/mol. The fraction of sp³-hybridized carbons (Fsp3) is 0.0870. The third-order valence-corrected chi connectivity index (χ3v) is 6.42. The lowest BCUT2D eigenvalue weighted by atomic mass is 10.1. The molecule has 2 aromatic carbocycles. The van der Waals surface area contributed by atoms with Crippen LogP contribution in [0.4, 0.5) is 22.0 Å². The van der Waals surface area contributed by atoms with Gasteiger partial charge in [-0.1, -0.05) is 6.07 Å². The molecule has 0 fully saturated rings. The highest BCUT2D eigenvalue weighted by Gasteiger charge is 2.33. The molecule has 0 amide bonds. The molecule has 0 unspecified atom stereocenters. The van der Waals surface area contributed by atoms with E-state index in [2.05, 4.69) is 4.98 Å². The number of H-pyrrole nitrogens is 1. The summed E-state index contributed by atoms with van der Waals surface area (Å²) in [5.41, 5.74) is -4.61. The number of hydrogen-bond donors (Lipinski definition) is 2. The third-order valence-electron chi connectivity index (χ3n) is 5.67. The van der Waals surface area contributed by atoms with E-state index in [1.807, 2.05) is 0 Å². The molecule has 0 aliphatic rings. The van der Waals surface area contributed by atoms with Gasteiger partial charge in [-0.15, -0.1) is 11.3 Å². The van der Waals surface area contributed by atoms with Crippen LogP contribution >= 0.6 is 11.3 Å². The summed E-state index contributed by atoms with van der Waals surface area (Å²) in [6, 6.07) is 4.86. The number of rotatable bonds is 4. The number of halogens is 5. The van der Waals surface area contributed by atoms with Crippen molar-refractivity contribution in [2.24, 2.45) is 0 Å². The number of nitrogens with one attached hydrogen (secondary N) is 1. The highest BCUT2D eigenvalue weighted by Crippen LogP contribution is 2.36. The standard InChI is InChI=1S/C23H12F5N3O4S/c24-12-3-1-10(15(25)6-12)7-30-17-4-2-11(23(26,27)28)5-13(17)18(19(30)21(33)34)31-20(32)14-8-36-9-16(14)29-22(31)35/h1-6,8-9H,7H2,(H,29,35)(H,33,34). The summed E-state index contributed by atoms with van der Waals surface area (Å²) >= 11 is 1.08. The molecule has 5 aromatic rings. The minimum Gasteiger partial charge on any atom is -0.477 e. The molecule has 0 bridgehead atoms. The Morgan fingerprint density at radius 2 is 1.78 bits per heavy atom. The topological polar surface area (TPSA) is 97.1 Å². The minimum atomic E-state index is -4.82. The lowest BCUT2D eigenvalue weighted by Crippen LogP contribution is -2.34. The number of carboxylic acids is 1. The van der Waals surface area contributed by atoms with Crippen LogP contribution in [-0.4, -0.2) is 25.2 Å². The molecule has 184 valence electrons. The van der Waals surface area contributed by atoms with Crippen LogP contribution in [0.15, 0.2) is 56.7 Å². The monoisotopic (exact) mass is 521 g/mol. The van der Waals surface area contributed by atoms with E-state index in [-0.39, 0.29) is 27.4 Å². The van der Waals surface area contributed by atoms with Gasteiger partial charge in [0.1, 0.15) is 11.6 Å². The zero-order valence-corrected chi connectivity index (χ0v) is 18.5. The summed E-state index contributed by atoms with van der Waals surface area (Å²) in [5.74, 6) is -3.59. The second kappa shape index (κ2) is 8.16. The molecule has 0 atom stereocenters. The number of carbonyl (C=O) groups is 1. The van der Waals surface area contributed by atoms with Gasteiger partial charge in [0.05, 0.1) is 34.2 Å². The number of hydrogen-bond acceptors (Lipinski definition) is 4. The second-order valence-corrected chi connectivity index (χ2v) is 8.57. The molecule has 0 spiro atoms. The number of nitrogens with zero attached hydrogens (tertiary/aromatic N) is 2. The maximum absolute atomic E-state index is 14.4. The van der Waals surface area contributed by atoms with Crippen molar-refractivity contribution in [3.63, 3.8) is 0 Å². The van der Waals surface area contributed by atoms with Crippen LogP contribution in [-0.2, 0) is 12.7 Å². The molecular formula is C23H12F5N3O4S. The van der Waals surface area contributed by atoms with E-state index in [0.29, 0.717) is 22.8 Å². The van der Waals surface area contributed by atoms with Crippen molar-refractivity contribution in [3.05, 3.63) is 96.5 Å². The second-order valence-electron chi connectivity index (χ2n) is 7.82. The predicted octanol–water partition coefficient (Wildman–Crippen LogP) is 4.74. The third kappa shape index (κ3) is 3.68. The van der Waals surface area contributed by atoms with Crippen LogP contribution in [0.3, 0.4) is 0 Å². The van der Waals surface area contributed by atoms with Gasteiger partial charge < -0.3 is 14.7 Å². The molecule has 36 heavy (non-hydrogen) atoms. The van der Waals surface area contributed by atoms with Crippen molar-refractivity contribution in [1.82, 2.24) is 14.1 Å². The largest absolute Gasteiger partial charge is 0.477 e. The van der Waals surface area contributed by atoms with Gasteiger partial charge in [0.15, 0.2) is 5.69 Å². The highest BCUT2D eigenvalue weighted by molar-refractivity contribution is 7.09. The Labute approximate surface area is 200 Å². The van der Waals surface area contributed by atoms with Crippen LogP contribution in [0.1, 0.15) is 21.6 Å². The summed E-state index contributed by atoms with van der Waals surface area (Å²) in [6.45, 7) is -0.539. The number of benzene rings is 2. The SMILES string of the molecule is O=C(O)c1c(-n2c(=O)[nH]c3cscc3c2=O)c2cc(C(F)(F)F)ccc2n1Cc1ccc(F)cc1F. The van der Waals surface area contributed by atoms with Gasteiger partial charge in [0, 0.05) is 27.8 Å². The first-order chi connectivity index (χ1) is 17.0. The fourth-order valence-corrected chi connectivity index (χ4v) is 4.84. The van der Waals surface area contributed by atoms with E-state index in [1.54, 1.807) is 0 Å².